The lowest BCUT2D eigenvalue weighted by Crippen LogP contribution is -2.20. The summed E-state index contributed by atoms with van der Waals surface area (Å²) in [5, 5.41) is 0. The summed E-state index contributed by atoms with van der Waals surface area (Å²) < 4.78 is 1.43. The van der Waals surface area contributed by atoms with Crippen molar-refractivity contribution >= 4 is 29.8 Å². The number of Topliss-reactive ketones (excluding diaryl/α,β-unsaturated/α-hetero) is 1. The first kappa shape index (κ1) is 11.9. The number of aromatic amines is 1. The number of nitrogens with one attached hydrogen (secondary N) is 1. The summed E-state index contributed by atoms with van der Waals surface area (Å²) in [6, 6.07) is 0. The van der Waals surface area contributed by atoms with Crippen molar-refractivity contribution in [3.05, 3.63) is 28.3 Å². The molecule has 0 bridgehead atoms. The second-order valence-electron chi connectivity index (χ2n) is 4.91. The van der Waals surface area contributed by atoms with Gasteiger partial charge >= 0.3 is 0 Å². The molecule has 0 radical (unpaired) electrons. The normalized spacial score (nSPS) is 12.0. The number of H-pyrrole nitrogens is 1. The largest absolute Gasteiger partial charge is 0.317 e. The number of hydrogen-bond donors (Lipinski definition) is 2. The number of thiol groups is 1. The van der Waals surface area contributed by atoms with E-state index in [9.17, 15) is 9.59 Å². The first-order chi connectivity index (χ1) is 7.80. The van der Waals surface area contributed by atoms with Gasteiger partial charge in [0, 0.05) is 11.6 Å². The fourth-order valence-electron chi connectivity index (χ4n) is 1.58. The first-order valence-corrected chi connectivity index (χ1v) is 5.55. The molecule has 0 aliphatic heterocycles. The molecule has 2 aromatic heterocycles. The SMILES string of the molecule is CC(C)(C)C(=O)c1cn(S)c2ncc(=O)[nH]c12. The quantitative estimate of drug-likeness (QED) is 0.598. The number of rotatable bonds is 1. The van der Waals surface area contributed by atoms with E-state index in [1.54, 1.807) is 6.20 Å². The standard InChI is InChI=1S/C11H13N3O2S/c1-11(2,3)9(16)6-5-14(17)10-8(6)13-7(15)4-12-10/h4-5,17H,1-3H3,(H,13,15). The summed E-state index contributed by atoms with van der Waals surface area (Å²) in [7, 11) is 0. The molecule has 0 saturated carbocycles. The van der Waals surface area contributed by atoms with Gasteiger partial charge in [-0.15, -0.1) is 0 Å². The Bertz CT molecular complexity index is 649. The van der Waals surface area contributed by atoms with Crippen LogP contribution in [0.3, 0.4) is 0 Å². The predicted octanol–water partition coefficient (Wildman–Crippen LogP) is 1.65. The Morgan fingerprint density at radius 2 is 2.12 bits per heavy atom. The fourth-order valence-corrected chi connectivity index (χ4v) is 1.85. The van der Waals surface area contributed by atoms with Gasteiger partial charge in [0.25, 0.3) is 5.56 Å². The Balaban J connectivity index is 2.75. The number of ketones is 1. The maximum atomic E-state index is 12.2. The predicted molar refractivity (Wildman–Crippen MR) is 68.5 cm³/mol. The molecule has 2 rings (SSSR count). The molecular formula is C11H13N3O2S. The Hall–Kier alpha value is -1.56. The highest BCUT2D eigenvalue weighted by molar-refractivity contribution is 7.78. The molecule has 90 valence electrons. The molecule has 0 fully saturated rings. The number of fused-ring (bicyclic) bond motifs is 1. The van der Waals surface area contributed by atoms with E-state index in [-0.39, 0.29) is 11.3 Å². The van der Waals surface area contributed by atoms with Crippen LogP contribution in [0.2, 0.25) is 0 Å². The molecule has 0 saturated heterocycles. The molecule has 2 heterocycles. The average Bonchev–Trinajstić information content (AvgIpc) is 2.53. The highest BCUT2D eigenvalue weighted by Crippen LogP contribution is 2.26. The van der Waals surface area contributed by atoms with Crippen molar-refractivity contribution < 1.29 is 4.79 Å². The van der Waals surface area contributed by atoms with Crippen LogP contribution in [0.25, 0.3) is 11.2 Å². The van der Waals surface area contributed by atoms with Crippen LogP contribution in [-0.4, -0.2) is 19.7 Å². The lowest BCUT2D eigenvalue weighted by Gasteiger charge is -2.15. The van der Waals surface area contributed by atoms with E-state index in [2.05, 4.69) is 22.8 Å². The van der Waals surface area contributed by atoms with Gasteiger partial charge in [0.2, 0.25) is 0 Å². The minimum Gasteiger partial charge on any atom is -0.317 e. The maximum Gasteiger partial charge on any atom is 0.267 e. The number of nitrogens with zero attached hydrogens (tertiary/aromatic N) is 2. The van der Waals surface area contributed by atoms with Gasteiger partial charge in [0.1, 0.15) is 0 Å². The van der Waals surface area contributed by atoms with E-state index in [4.69, 9.17) is 0 Å². The van der Waals surface area contributed by atoms with E-state index < -0.39 is 5.41 Å². The molecule has 0 aliphatic carbocycles. The smallest absolute Gasteiger partial charge is 0.267 e. The highest BCUT2D eigenvalue weighted by atomic mass is 32.1. The molecule has 6 heteroatoms. The molecular weight excluding hydrogens is 238 g/mol. The van der Waals surface area contributed by atoms with Crippen molar-refractivity contribution in [3.8, 4) is 0 Å². The van der Waals surface area contributed by atoms with Gasteiger partial charge in [-0.25, -0.2) is 4.98 Å². The highest BCUT2D eigenvalue weighted by Gasteiger charge is 2.26. The molecule has 0 unspecified atom stereocenters. The van der Waals surface area contributed by atoms with E-state index in [0.717, 1.165) is 0 Å². The van der Waals surface area contributed by atoms with Gasteiger partial charge < -0.3 is 4.98 Å². The zero-order valence-electron chi connectivity index (χ0n) is 9.81. The van der Waals surface area contributed by atoms with E-state index in [1.165, 1.54) is 10.2 Å². The summed E-state index contributed by atoms with van der Waals surface area (Å²) >= 11 is 4.18. The van der Waals surface area contributed by atoms with Gasteiger partial charge in [0.05, 0.1) is 17.3 Å². The van der Waals surface area contributed by atoms with Crippen LogP contribution in [0.1, 0.15) is 31.1 Å². The van der Waals surface area contributed by atoms with Crippen molar-refractivity contribution in [3.63, 3.8) is 0 Å². The Labute approximate surface area is 103 Å². The second kappa shape index (κ2) is 3.73. The second-order valence-corrected chi connectivity index (χ2v) is 5.34. The van der Waals surface area contributed by atoms with Gasteiger partial charge in [-0.05, 0) is 0 Å². The molecule has 5 nitrogen and oxygen atoms in total. The van der Waals surface area contributed by atoms with Gasteiger partial charge in [-0.3, -0.25) is 13.6 Å². The Morgan fingerprint density at radius 3 is 2.71 bits per heavy atom. The average molecular weight is 251 g/mol. The lowest BCUT2D eigenvalue weighted by atomic mass is 9.87. The summed E-state index contributed by atoms with van der Waals surface area (Å²) in [6.07, 6.45) is 2.74. The molecule has 17 heavy (non-hydrogen) atoms. The summed E-state index contributed by atoms with van der Waals surface area (Å²) in [6.45, 7) is 5.47. The maximum absolute atomic E-state index is 12.2. The number of carbonyl (C=O) groups is 1. The third kappa shape index (κ3) is 2.00. The zero-order chi connectivity index (χ0) is 12.8. The minimum absolute atomic E-state index is 0.0565. The van der Waals surface area contributed by atoms with Gasteiger partial charge in [0.15, 0.2) is 11.4 Å². The molecule has 1 N–H and O–H groups in total. The first-order valence-electron chi connectivity index (χ1n) is 5.15. The third-order valence-electron chi connectivity index (χ3n) is 2.44. The van der Waals surface area contributed by atoms with E-state index in [1.807, 2.05) is 20.8 Å². The molecule has 0 atom stereocenters. The molecule has 2 aromatic rings. The van der Waals surface area contributed by atoms with Crippen molar-refractivity contribution in [1.29, 1.82) is 0 Å². The molecule has 0 aromatic carbocycles. The minimum atomic E-state index is -0.519. The molecule has 0 aliphatic rings. The summed E-state index contributed by atoms with van der Waals surface area (Å²) in [5.74, 6) is -0.0565. The van der Waals surface area contributed by atoms with Crippen LogP contribution in [0.4, 0.5) is 0 Å². The lowest BCUT2D eigenvalue weighted by molar-refractivity contribution is 0.0860. The van der Waals surface area contributed by atoms with Crippen LogP contribution in [0, 0.1) is 5.41 Å². The topological polar surface area (TPSA) is 67.8 Å². The summed E-state index contributed by atoms with van der Waals surface area (Å²) in [5.41, 5.74) is 0.495. The van der Waals surface area contributed by atoms with Gasteiger partial charge in [-0.1, -0.05) is 33.6 Å². The van der Waals surface area contributed by atoms with Crippen LogP contribution in [-0.2, 0) is 0 Å². The third-order valence-corrected chi connectivity index (χ3v) is 2.74. The number of aromatic nitrogens is 3. The van der Waals surface area contributed by atoms with Crippen LogP contribution in [0.5, 0.6) is 0 Å². The van der Waals surface area contributed by atoms with Crippen molar-refractivity contribution in [2.24, 2.45) is 5.41 Å². The van der Waals surface area contributed by atoms with Crippen LogP contribution >= 0.6 is 12.8 Å². The van der Waals surface area contributed by atoms with Crippen LogP contribution in [0.15, 0.2) is 17.2 Å². The number of hydrogen-bond acceptors (Lipinski definition) is 4. The van der Waals surface area contributed by atoms with Crippen molar-refractivity contribution in [2.75, 3.05) is 0 Å². The fraction of sp³-hybridized carbons (Fsp3) is 0.364. The Kier molecular flexibility index (Phi) is 2.61. The summed E-state index contributed by atoms with van der Waals surface area (Å²) in [4.78, 5) is 30.0. The molecule has 0 amide bonds. The molecule has 0 spiro atoms. The zero-order valence-corrected chi connectivity index (χ0v) is 10.7. The number of carbonyl (C=O) groups excluding carboxylic acids is 1. The Morgan fingerprint density at radius 1 is 1.47 bits per heavy atom. The van der Waals surface area contributed by atoms with E-state index in [0.29, 0.717) is 16.7 Å². The van der Waals surface area contributed by atoms with Crippen LogP contribution < -0.4 is 5.56 Å². The van der Waals surface area contributed by atoms with Crippen molar-refractivity contribution in [2.45, 2.75) is 20.8 Å². The van der Waals surface area contributed by atoms with E-state index >= 15 is 0 Å². The van der Waals surface area contributed by atoms with Crippen molar-refractivity contribution in [1.82, 2.24) is 13.9 Å². The van der Waals surface area contributed by atoms with Gasteiger partial charge in [-0.2, -0.15) is 0 Å². The monoisotopic (exact) mass is 251 g/mol.